The summed E-state index contributed by atoms with van der Waals surface area (Å²) < 4.78 is 0.448. The molecule has 0 aliphatic carbocycles. The molecule has 0 unspecified atom stereocenters. The molecule has 4 rings (SSSR count). The zero-order valence-electron chi connectivity index (χ0n) is 16.7. The van der Waals surface area contributed by atoms with Crippen molar-refractivity contribution in [3.8, 4) is 0 Å². The van der Waals surface area contributed by atoms with E-state index in [0.29, 0.717) is 39.3 Å². The highest BCUT2D eigenvalue weighted by Gasteiger charge is 2.32. The van der Waals surface area contributed by atoms with Gasteiger partial charge in [-0.25, -0.2) is 0 Å². The molecule has 1 fully saturated rings. The number of carbonyl (C=O) groups excluding carboxylic acids is 1. The summed E-state index contributed by atoms with van der Waals surface area (Å²) in [5.74, 6) is -0.234. The molecule has 2 heterocycles. The SMILES string of the molecule is O=C1/C(=C/c2ccccc2[N+](=O)[O-])SC(=S)N1CCCNc1ccnc2cc(Cl)ccc12. The molecule has 0 spiro atoms. The zero-order chi connectivity index (χ0) is 22.7. The molecule has 1 aliphatic heterocycles. The maximum atomic E-state index is 12.8. The van der Waals surface area contributed by atoms with Crippen LogP contribution >= 0.6 is 35.6 Å². The zero-order valence-corrected chi connectivity index (χ0v) is 19.0. The van der Waals surface area contributed by atoms with Gasteiger partial charge in [-0.05, 0) is 42.8 Å². The van der Waals surface area contributed by atoms with Crippen molar-refractivity contribution < 1.29 is 9.72 Å². The monoisotopic (exact) mass is 484 g/mol. The van der Waals surface area contributed by atoms with Crippen LogP contribution in [0.5, 0.6) is 0 Å². The Morgan fingerprint density at radius 3 is 2.88 bits per heavy atom. The smallest absolute Gasteiger partial charge is 0.276 e. The van der Waals surface area contributed by atoms with Crippen LogP contribution in [0.4, 0.5) is 11.4 Å². The van der Waals surface area contributed by atoms with Gasteiger partial charge < -0.3 is 5.32 Å². The molecule has 1 saturated heterocycles. The molecule has 32 heavy (non-hydrogen) atoms. The second kappa shape index (κ2) is 9.64. The maximum Gasteiger partial charge on any atom is 0.276 e. The molecule has 0 saturated carbocycles. The van der Waals surface area contributed by atoms with Gasteiger partial charge in [-0.2, -0.15) is 0 Å². The number of para-hydroxylation sites is 1. The highest BCUT2D eigenvalue weighted by Crippen LogP contribution is 2.34. The number of thiocarbonyl (C=S) groups is 1. The molecule has 1 aromatic heterocycles. The van der Waals surface area contributed by atoms with Gasteiger partial charge in [0.2, 0.25) is 0 Å². The molecule has 1 aliphatic rings. The van der Waals surface area contributed by atoms with Gasteiger partial charge in [0.25, 0.3) is 11.6 Å². The molecule has 3 aromatic rings. The van der Waals surface area contributed by atoms with Crippen LogP contribution in [-0.2, 0) is 4.79 Å². The fourth-order valence-corrected chi connectivity index (χ4v) is 4.81. The first kappa shape index (κ1) is 22.2. The Morgan fingerprint density at radius 2 is 2.06 bits per heavy atom. The summed E-state index contributed by atoms with van der Waals surface area (Å²) in [4.78, 5) is 29.8. The lowest BCUT2D eigenvalue weighted by atomic mass is 10.1. The van der Waals surface area contributed by atoms with Gasteiger partial charge in [-0.1, -0.05) is 47.7 Å². The van der Waals surface area contributed by atoms with Crippen molar-refractivity contribution in [1.82, 2.24) is 9.88 Å². The molecule has 10 heteroatoms. The Hall–Kier alpha value is -3.01. The Balaban J connectivity index is 1.39. The van der Waals surface area contributed by atoms with Crippen LogP contribution in [0, 0.1) is 10.1 Å². The van der Waals surface area contributed by atoms with E-state index < -0.39 is 4.92 Å². The number of amides is 1. The van der Waals surface area contributed by atoms with Gasteiger partial charge in [0.1, 0.15) is 4.32 Å². The maximum absolute atomic E-state index is 12.8. The number of thioether (sulfide) groups is 1. The van der Waals surface area contributed by atoms with E-state index in [4.69, 9.17) is 23.8 Å². The topological polar surface area (TPSA) is 88.4 Å². The van der Waals surface area contributed by atoms with Crippen LogP contribution in [0.15, 0.2) is 59.6 Å². The number of nitrogens with one attached hydrogen (secondary N) is 1. The summed E-state index contributed by atoms with van der Waals surface area (Å²) in [5.41, 5.74) is 2.07. The third-order valence-electron chi connectivity index (χ3n) is 4.87. The third kappa shape index (κ3) is 4.74. The van der Waals surface area contributed by atoms with Crippen LogP contribution in [0.1, 0.15) is 12.0 Å². The Morgan fingerprint density at radius 1 is 1.25 bits per heavy atom. The number of anilines is 1. The Labute approximate surface area is 198 Å². The highest BCUT2D eigenvalue weighted by molar-refractivity contribution is 8.26. The predicted molar refractivity (Wildman–Crippen MR) is 133 cm³/mol. The van der Waals surface area contributed by atoms with Crippen molar-refractivity contribution in [2.24, 2.45) is 0 Å². The molecule has 0 bridgehead atoms. The second-order valence-electron chi connectivity index (χ2n) is 6.95. The van der Waals surface area contributed by atoms with Crippen molar-refractivity contribution in [2.75, 3.05) is 18.4 Å². The van der Waals surface area contributed by atoms with E-state index in [1.807, 2.05) is 24.3 Å². The number of aromatic nitrogens is 1. The quantitative estimate of drug-likeness (QED) is 0.156. The van der Waals surface area contributed by atoms with Crippen LogP contribution in [0.2, 0.25) is 5.02 Å². The number of halogens is 1. The standard InChI is InChI=1S/C22H17ClN4O3S2/c23-15-6-7-16-17(8-10-25-18(16)13-15)24-9-3-11-26-21(28)20(32-22(26)31)12-14-4-1-2-5-19(14)27(29)30/h1-2,4-8,10,12-13H,3,9,11H2,(H,24,25)/b20-12-. The molecule has 0 radical (unpaired) electrons. The predicted octanol–water partition coefficient (Wildman–Crippen LogP) is 5.50. The number of hydrogen-bond donors (Lipinski definition) is 1. The van der Waals surface area contributed by atoms with Gasteiger partial charge in [0, 0.05) is 41.4 Å². The van der Waals surface area contributed by atoms with Crippen LogP contribution < -0.4 is 5.32 Å². The third-order valence-corrected chi connectivity index (χ3v) is 6.49. The molecule has 1 amide bonds. The van der Waals surface area contributed by atoms with Crippen molar-refractivity contribution in [1.29, 1.82) is 0 Å². The van der Waals surface area contributed by atoms with E-state index in [1.54, 1.807) is 24.4 Å². The minimum absolute atomic E-state index is 0.0483. The van der Waals surface area contributed by atoms with Gasteiger partial charge in [-0.3, -0.25) is 24.8 Å². The first-order chi connectivity index (χ1) is 15.4. The Bertz CT molecular complexity index is 1260. The van der Waals surface area contributed by atoms with Crippen LogP contribution in [0.25, 0.3) is 17.0 Å². The molecule has 0 atom stereocenters. The number of pyridine rings is 1. The lowest BCUT2D eigenvalue weighted by molar-refractivity contribution is -0.385. The van der Waals surface area contributed by atoms with Crippen molar-refractivity contribution in [3.63, 3.8) is 0 Å². The van der Waals surface area contributed by atoms with Gasteiger partial charge in [0.15, 0.2) is 0 Å². The summed E-state index contributed by atoms with van der Waals surface area (Å²) >= 11 is 12.6. The average molecular weight is 485 g/mol. The lowest BCUT2D eigenvalue weighted by Gasteiger charge is -2.15. The van der Waals surface area contributed by atoms with E-state index in [-0.39, 0.29) is 11.6 Å². The number of nitro benzene ring substituents is 1. The first-order valence-corrected chi connectivity index (χ1v) is 11.3. The summed E-state index contributed by atoms with van der Waals surface area (Å²) in [6, 6.07) is 13.8. The summed E-state index contributed by atoms with van der Waals surface area (Å²) in [7, 11) is 0. The second-order valence-corrected chi connectivity index (χ2v) is 9.06. The van der Waals surface area contributed by atoms with E-state index in [2.05, 4.69) is 10.3 Å². The normalized spacial score (nSPS) is 15.0. The minimum Gasteiger partial charge on any atom is -0.384 e. The summed E-state index contributed by atoms with van der Waals surface area (Å²) in [6.45, 7) is 1.07. The minimum atomic E-state index is -0.463. The van der Waals surface area contributed by atoms with Gasteiger partial charge >= 0.3 is 0 Å². The van der Waals surface area contributed by atoms with Crippen molar-refractivity contribution in [3.05, 3.63) is 80.3 Å². The van der Waals surface area contributed by atoms with Crippen molar-refractivity contribution >= 4 is 74.2 Å². The van der Waals surface area contributed by atoms with E-state index in [0.717, 1.165) is 28.4 Å². The van der Waals surface area contributed by atoms with E-state index in [9.17, 15) is 14.9 Å². The fourth-order valence-electron chi connectivity index (χ4n) is 3.35. The first-order valence-electron chi connectivity index (χ1n) is 9.71. The highest BCUT2D eigenvalue weighted by atomic mass is 35.5. The number of rotatable bonds is 7. The molecule has 7 nitrogen and oxygen atoms in total. The Kier molecular flexibility index (Phi) is 6.69. The number of hydrogen-bond acceptors (Lipinski definition) is 7. The van der Waals surface area contributed by atoms with E-state index >= 15 is 0 Å². The lowest BCUT2D eigenvalue weighted by Crippen LogP contribution is -2.30. The number of nitro groups is 1. The number of fused-ring (bicyclic) bond motifs is 1. The van der Waals surface area contributed by atoms with Crippen LogP contribution in [-0.4, -0.2) is 38.1 Å². The molecule has 162 valence electrons. The summed E-state index contributed by atoms with van der Waals surface area (Å²) in [6.07, 6.45) is 3.92. The van der Waals surface area contributed by atoms with Crippen LogP contribution in [0.3, 0.4) is 0 Å². The van der Waals surface area contributed by atoms with E-state index in [1.165, 1.54) is 17.0 Å². The molecular formula is C22H17ClN4O3S2. The number of carbonyl (C=O) groups is 1. The molecular weight excluding hydrogens is 468 g/mol. The average Bonchev–Trinajstić information content (AvgIpc) is 3.03. The number of nitrogens with zero attached hydrogens (tertiary/aromatic N) is 3. The van der Waals surface area contributed by atoms with Gasteiger partial charge in [-0.15, -0.1) is 0 Å². The van der Waals surface area contributed by atoms with Gasteiger partial charge in [0.05, 0.1) is 20.9 Å². The molecule has 2 aromatic carbocycles. The molecule has 1 N–H and O–H groups in total. The number of benzene rings is 2. The summed E-state index contributed by atoms with van der Waals surface area (Å²) in [5, 5.41) is 16.2. The largest absolute Gasteiger partial charge is 0.384 e. The fraction of sp³-hybridized carbons (Fsp3) is 0.136. The van der Waals surface area contributed by atoms with Crippen molar-refractivity contribution in [2.45, 2.75) is 6.42 Å².